The number of aryl methyl sites for hydroxylation is 4. The molecule has 2 aromatic heterocycles. The summed E-state index contributed by atoms with van der Waals surface area (Å²) < 4.78 is 10.1. The van der Waals surface area contributed by atoms with Gasteiger partial charge in [-0.2, -0.15) is 0 Å². The zero-order valence-electron chi connectivity index (χ0n) is 14.2. The highest BCUT2D eigenvalue weighted by atomic mass is 32.1. The molecule has 0 aliphatic heterocycles. The standard InChI is InChI=1S/C19H18O5S2/c20-13(9-23-18(21)16-7-11-3-1-5-14(11)25-16)10-24-19(22)17-8-12-4-2-6-15(12)26-17/h7-8H,1-6,9-10H2. The summed E-state index contributed by atoms with van der Waals surface area (Å²) in [5.41, 5.74) is 2.43. The van der Waals surface area contributed by atoms with Crippen LogP contribution in [0.1, 0.15) is 53.1 Å². The number of hydrogen-bond donors (Lipinski definition) is 0. The number of esters is 2. The maximum Gasteiger partial charge on any atom is 0.348 e. The molecule has 2 aliphatic rings. The first-order valence-corrected chi connectivity index (χ1v) is 10.3. The van der Waals surface area contributed by atoms with E-state index in [9.17, 15) is 14.4 Å². The van der Waals surface area contributed by atoms with E-state index in [0.29, 0.717) is 9.75 Å². The number of thiophene rings is 2. The van der Waals surface area contributed by atoms with E-state index in [4.69, 9.17) is 9.47 Å². The minimum absolute atomic E-state index is 0.379. The third-order valence-electron chi connectivity index (χ3n) is 4.62. The third-order valence-corrected chi connectivity index (χ3v) is 7.06. The first-order valence-electron chi connectivity index (χ1n) is 8.69. The second-order valence-corrected chi connectivity index (χ2v) is 8.79. The minimum atomic E-state index is -0.487. The molecule has 0 amide bonds. The Hall–Kier alpha value is -1.99. The van der Waals surface area contributed by atoms with Crippen LogP contribution in [0.4, 0.5) is 0 Å². The van der Waals surface area contributed by atoms with Crippen molar-refractivity contribution in [2.45, 2.75) is 38.5 Å². The smallest absolute Gasteiger partial charge is 0.348 e. The van der Waals surface area contributed by atoms with Crippen LogP contribution in [0.15, 0.2) is 12.1 Å². The van der Waals surface area contributed by atoms with Crippen molar-refractivity contribution in [2.75, 3.05) is 13.2 Å². The number of carbonyl (C=O) groups is 3. The van der Waals surface area contributed by atoms with Gasteiger partial charge < -0.3 is 9.47 Å². The summed E-state index contributed by atoms with van der Waals surface area (Å²) in [6.07, 6.45) is 6.28. The van der Waals surface area contributed by atoms with Crippen LogP contribution in [0.25, 0.3) is 0 Å². The first-order chi connectivity index (χ1) is 12.6. The van der Waals surface area contributed by atoms with Crippen molar-refractivity contribution in [3.05, 3.63) is 42.8 Å². The van der Waals surface area contributed by atoms with Crippen LogP contribution >= 0.6 is 22.7 Å². The molecule has 136 valence electrons. The van der Waals surface area contributed by atoms with Crippen LogP contribution in [0.5, 0.6) is 0 Å². The van der Waals surface area contributed by atoms with E-state index in [2.05, 4.69) is 0 Å². The predicted octanol–water partition coefficient (Wildman–Crippen LogP) is 3.37. The van der Waals surface area contributed by atoms with Gasteiger partial charge in [0.2, 0.25) is 5.78 Å². The Labute approximate surface area is 158 Å². The highest BCUT2D eigenvalue weighted by Crippen LogP contribution is 2.31. The van der Waals surface area contributed by atoms with Crippen molar-refractivity contribution < 1.29 is 23.9 Å². The van der Waals surface area contributed by atoms with Gasteiger partial charge >= 0.3 is 11.9 Å². The highest BCUT2D eigenvalue weighted by Gasteiger charge is 2.22. The molecule has 7 heteroatoms. The van der Waals surface area contributed by atoms with Gasteiger partial charge in [0.25, 0.3) is 0 Å². The molecule has 2 heterocycles. The Morgan fingerprint density at radius 2 is 1.23 bits per heavy atom. The van der Waals surface area contributed by atoms with Crippen LogP contribution in [0.2, 0.25) is 0 Å². The summed E-state index contributed by atoms with van der Waals surface area (Å²) in [6.45, 7) is -0.759. The Bertz CT molecular complexity index is 763. The molecule has 2 aromatic rings. The number of ketones is 1. The molecule has 0 radical (unpaired) electrons. The largest absolute Gasteiger partial charge is 0.453 e. The monoisotopic (exact) mass is 390 g/mol. The molecule has 0 saturated heterocycles. The summed E-state index contributed by atoms with van der Waals surface area (Å²) in [6, 6.07) is 3.71. The molecule has 0 spiro atoms. The lowest BCUT2D eigenvalue weighted by molar-refractivity contribution is -0.125. The molecular formula is C19H18O5S2. The fraction of sp³-hybridized carbons (Fsp3) is 0.421. The molecule has 26 heavy (non-hydrogen) atoms. The maximum absolute atomic E-state index is 12.0. The number of hydrogen-bond acceptors (Lipinski definition) is 7. The van der Waals surface area contributed by atoms with E-state index < -0.39 is 17.7 Å². The van der Waals surface area contributed by atoms with Gasteiger partial charge in [0.1, 0.15) is 9.75 Å². The zero-order chi connectivity index (χ0) is 18.1. The van der Waals surface area contributed by atoms with Gasteiger partial charge in [-0.3, -0.25) is 4.79 Å². The fourth-order valence-electron chi connectivity index (χ4n) is 3.34. The van der Waals surface area contributed by atoms with Crippen molar-refractivity contribution in [1.29, 1.82) is 0 Å². The van der Waals surface area contributed by atoms with E-state index in [1.807, 2.05) is 12.1 Å². The van der Waals surface area contributed by atoms with Crippen molar-refractivity contribution in [3.8, 4) is 0 Å². The Morgan fingerprint density at radius 1 is 0.769 bits per heavy atom. The molecule has 0 saturated carbocycles. The van der Waals surface area contributed by atoms with Crippen LogP contribution in [0, 0.1) is 0 Å². The van der Waals surface area contributed by atoms with Gasteiger partial charge in [0.15, 0.2) is 13.2 Å². The van der Waals surface area contributed by atoms with E-state index in [0.717, 1.165) is 38.5 Å². The summed E-state index contributed by atoms with van der Waals surface area (Å²) in [7, 11) is 0. The van der Waals surface area contributed by atoms with Crippen molar-refractivity contribution in [1.82, 2.24) is 0 Å². The number of fused-ring (bicyclic) bond motifs is 2. The second-order valence-electron chi connectivity index (χ2n) is 6.52. The fourth-order valence-corrected chi connectivity index (χ4v) is 5.63. The van der Waals surface area contributed by atoms with Crippen LogP contribution in [-0.2, 0) is 40.0 Å². The lowest BCUT2D eigenvalue weighted by Crippen LogP contribution is -2.20. The molecule has 0 bridgehead atoms. The van der Waals surface area contributed by atoms with Crippen molar-refractivity contribution in [2.24, 2.45) is 0 Å². The number of Topliss-reactive ketones (excluding diaryl/α,β-unsaturated/α-hetero) is 1. The quantitative estimate of drug-likeness (QED) is 0.708. The molecule has 0 aromatic carbocycles. The Balaban J connectivity index is 1.23. The van der Waals surface area contributed by atoms with Gasteiger partial charge in [-0.25, -0.2) is 9.59 Å². The predicted molar refractivity (Wildman–Crippen MR) is 98.3 cm³/mol. The van der Waals surface area contributed by atoms with Crippen LogP contribution in [-0.4, -0.2) is 30.9 Å². The van der Waals surface area contributed by atoms with Gasteiger partial charge in [0.05, 0.1) is 0 Å². The van der Waals surface area contributed by atoms with E-state index >= 15 is 0 Å². The third kappa shape index (κ3) is 3.59. The summed E-state index contributed by atoms with van der Waals surface area (Å²) >= 11 is 2.88. The Morgan fingerprint density at radius 3 is 1.65 bits per heavy atom. The first kappa shape index (κ1) is 17.4. The number of carbonyl (C=O) groups excluding carboxylic acids is 3. The molecular weight excluding hydrogens is 372 g/mol. The highest BCUT2D eigenvalue weighted by molar-refractivity contribution is 7.14. The SMILES string of the molecule is O=C(COC(=O)c1cc2c(s1)CCC2)COC(=O)c1cc2c(s1)CCC2. The molecule has 5 nitrogen and oxygen atoms in total. The number of ether oxygens (including phenoxy) is 2. The molecule has 0 atom stereocenters. The molecule has 4 rings (SSSR count). The summed E-state index contributed by atoms with van der Waals surface area (Å²) in [5, 5.41) is 0. The van der Waals surface area contributed by atoms with E-state index in [1.54, 1.807) is 0 Å². The van der Waals surface area contributed by atoms with E-state index in [1.165, 1.54) is 43.6 Å². The zero-order valence-corrected chi connectivity index (χ0v) is 15.8. The average molecular weight is 390 g/mol. The van der Waals surface area contributed by atoms with Crippen LogP contribution in [0.3, 0.4) is 0 Å². The molecule has 0 N–H and O–H groups in total. The van der Waals surface area contributed by atoms with Gasteiger partial charge in [-0.1, -0.05) is 0 Å². The topological polar surface area (TPSA) is 69.7 Å². The van der Waals surface area contributed by atoms with Crippen LogP contribution < -0.4 is 0 Å². The molecule has 0 unspecified atom stereocenters. The van der Waals surface area contributed by atoms with Gasteiger partial charge in [-0.15, -0.1) is 22.7 Å². The normalized spacial score (nSPS) is 14.8. The second kappa shape index (κ2) is 7.32. The van der Waals surface area contributed by atoms with E-state index in [-0.39, 0.29) is 13.2 Å². The van der Waals surface area contributed by atoms with Crippen molar-refractivity contribution in [3.63, 3.8) is 0 Å². The molecule has 2 aliphatic carbocycles. The van der Waals surface area contributed by atoms with Gasteiger partial charge in [0, 0.05) is 9.75 Å². The lowest BCUT2D eigenvalue weighted by Gasteiger charge is -2.04. The molecule has 0 fully saturated rings. The summed E-state index contributed by atoms with van der Waals surface area (Å²) in [5.74, 6) is -1.41. The van der Waals surface area contributed by atoms with Gasteiger partial charge in [-0.05, 0) is 61.8 Å². The van der Waals surface area contributed by atoms with Crippen molar-refractivity contribution >= 4 is 40.4 Å². The Kier molecular flexibility index (Phi) is 4.91. The minimum Gasteiger partial charge on any atom is -0.453 e. The number of rotatable bonds is 6. The lowest BCUT2D eigenvalue weighted by atomic mass is 10.2. The summed E-state index contributed by atoms with van der Waals surface area (Å²) in [4.78, 5) is 39.4. The average Bonchev–Trinajstić information content (AvgIpc) is 3.35. The maximum atomic E-state index is 12.0.